The summed E-state index contributed by atoms with van der Waals surface area (Å²) in [5, 5.41) is 3.39. The average Bonchev–Trinajstić information content (AvgIpc) is 2.57. The fourth-order valence-corrected chi connectivity index (χ4v) is 2.59. The average molecular weight is 246 g/mol. The van der Waals surface area contributed by atoms with E-state index in [9.17, 15) is 0 Å². The van der Waals surface area contributed by atoms with Gasteiger partial charge in [-0.3, -0.25) is 0 Å². The van der Waals surface area contributed by atoms with Gasteiger partial charge in [-0.05, 0) is 32.6 Å². The maximum absolute atomic E-state index is 4.29. The zero-order valence-corrected chi connectivity index (χ0v) is 11.1. The summed E-state index contributed by atoms with van der Waals surface area (Å²) >= 11 is 3.25. The predicted octanol–water partition coefficient (Wildman–Crippen LogP) is 1.09. The number of nitrogens with zero attached hydrogens (tertiary/aromatic N) is 3. The first-order valence-corrected chi connectivity index (χ1v) is 6.73. The lowest BCUT2D eigenvalue weighted by Crippen LogP contribution is -2.27. The standard InChI is InChI=1S/C9H18N4S2/c1-8-11-9(15-12-8)14-7-5-10-4-6-13(2)3/h10H,4-7H2,1-3H3. The van der Waals surface area contributed by atoms with E-state index in [1.165, 1.54) is 11.5 Å². The number of thioether (sulfide) groups is 1. The highest BCUT2D eigenvalue weighted by molar-refractivity contribution is 8.00. The molecule has 4 nitrogen and oxygen atoms in total. The Bertz CT molecular complexity index is 275. The van der Waals surface area contributed by atoms with Crippen molar-refractivity contribution in [2.45, 2.75) is 11.3 Å². The minimum absolute atomic E-state index is 0.878. The normalized spacial score (nSPS) is 11.2. The summed E-state index contributed by atoms with van der Waals surface area (Å²) in [6, 6.07) is 0. The third-order valence-corrected chi connectivity index (χ3v) is 3.68. The highest BCUT2D eigenvalue weighted by Crippen LogP contribution is 2.18. The number of aryl methyl sites for hydroxylation is 1. The second-order valence-corrected chi connectivity index (χ2v) is 5.60. The second kappa shape index (κ2) is 7.16. The van der Waals surface area contributed by atoms with Gasteiger partial charge in [0.15, 0.2) is 4.34 Å². The van der Waals surface area contributed by atoms with Gasteiger partial charge in [0, 0.05) is 25.4 Å². The molecule has 0 fully saturated rings. The lowest BCUT2D eigenvalue weighted by molar-refractivity contribution is 0.403. The van der Waals surface area contributed by atoms with Crippen LogP contribution in [-0.2, 0) is 0 Å². The maximum atomic E-state index is 4.29. The van der Waals surface area contributed by atoms with Crippen LogP contribution in [0, 0.1) is 6.92 Å². The highest BCUT2D eigenvalue weighted by atomic mass is 32.2. The molecule has 0 bridgehead atoms. The first kappa shape index (κ1) is 12.9. The SMILES string of the molecule is Cc1nsc(SCCNCCN(C)C)n1. The fourth-order valence-electron chi connectivity index (χ4n) is 0.975. The number of nitrogens with one attached hydrogen (secondary N) is 1. The van der Waals surface area contributed by atoms with E-state index in [1.54, 1.807) is 11.8 Å². The van der Waals surface area contributed by atoms with Crippen LogP contribution in [0.2, 0.25) is 0 Å². The third-order valence-electron chi connectivity index (χ3n) is 1.75. The quantitative estimate of drug-likeness (QED) is 0.576. The molecule has 0 aliphatic carbocycles. The maximum Gasteiger partial charge on any atom is 0.170 e. The zero-order valence-electron chi connectivity index (χ0n) is 9.49. The fraction of sp³-hybridized carbons (Fsp3) is 0.778. The Morgan fingerprint density at radius 1 is 1.40 bits per heavy atom. The second-order valence-electron chi connectivity index (χ2n) is 3.51. The molecule has 0 radical (unpaired) electrons. The molecule has 0 aliphatic heterocycles. The number of likely N-dealkylation sites (N-methyl/N-ethyl adjacent to an activating group) is 1. The molecule has 86 valence electrons. The van der Waals surface area contributed by atoms with Crippen molar-refractivity contribution < 1.29 is 0 Å². The summed E-state index contributed by atoms with van der Waals surface area (Å²) in [5.41, 5.74) is 0. The molecule has 0 saturated carbocycles. The van der Waals surface area contributed by atoms with Gasteiger partial charge in [0.25, 0.3) is 0 Å². The smallest absolute Gasteiger partial charge is 0.170 e. The minimum atomic E-state index is 0.878. The molecular weight excluding hydrogens is 228 g/mol. The Hall–Kier alpha value is -0.170. The van der Waals surface area contributed by atoms with Gasteiger partial charge in [0.05, 0.1) is 0 Å². The topological polar surface area (TPSA) is 41.1 Å². The van der Waals surface area contributed by atoms with Gasteiger partial charge in [-0.1, -0.05) is 11.8 Å². The van der Waals surface area contributed by atoms with E-state index in [1.807, 2.05) is 6.92 Å². The Kier molecular flexibility index (Phi) is 6.16. The van der Waals surface area contributed by atoms with Crippen molar-refractivity contribution in [3.05, 3.63) is 5.82 Å². The van der Waals surface area contributed by atoms with Gasteiger partial charge in [0.1, 0.15) is 5.82 Å². The van der Waals surface area contributed by atoms with Gasteiger partial charge >= 0.3 is 0 Å². The lowest BCUT2D eigenvalue weighted by atomic mass is 10.5. The van der Waals surface area contributed by atoms with E-state index in [4.69, 9.17) is 0 Å². The van der Waals surface area contributed by atoms with Crippen molar-refractivity contribution in [2.24, 2.45) is 0 Å². The van der Waals surface area contributed by atoms with Crippen LogP contribution in [0.15, 0.2) is 4.34 Å². The summed E-state index contributed by atoms with van der Waals surface area (Å²) in [6.07, 6.45) is 0. The van der Waals surface area contributed by atoms with E-state index < -0.39 is 0 Å². The number of hydrogen-bond donors (Lipinski definition) is 1. The number of rotatable bonds is 7. The van der Waals surface area contributed by atoms with Crippen molar-refractivity contribution in [1.29, 1.82) is 0 Å². The molecule has 0 saturated heterocycles. The molecule has 1 rings (SSSR count). The van der Waals surface area contributed by atoms with Crippen LogP contribution >= 0.6 is 23.3 Å². The molecular formula is C9H18N4S2. The van der Waals surface area contributed by atoms with E-state index in [0.717, 1.165) is 35.6 Å². The van der Waals surface area contributed by atoms with Gasteiger partial charge in [-0.2, -0.15) is 4.37 Å². The van der Waals surface area contributed by atoms with Crippen LogP contribution < -0.4 is 5.32 Å². The lowest BCUT2D eigenvalue weighted by Gasteiger charge is -2.09. The summed E-state index contributed by atoms with van der Waals surface area (Å²) in [5.74, 6) is 1.94. The van der Waals surface area contributed by atoms with Crippen molar-refractivity contribution in [3.8, 4) is 0 Å². The van der Waals surface area contributed by atoms with Gasteiger partial charge in [-0.25, -0.2) is 4.98 Å². The van der Waals surface area contributed by atoms with Crippen molar-refractivity contribution >= 4 is 23.3 Å². The van der Waals surface area contributed by atoms with Crippen molar-refractivity contribution in [3.63, 3.8) is 0 Å². The van der Waals surface area contributed by atoms with E-state index in [0.29, 0.717) is 0 Å². The number of hydrogen-bond acceptors (Lipinski definition) is 6. The van der Waals surface area contributed by atoms with Crippen molar-refractivity contribution in [2.75, 3.05) is 39.5 Å². The molecule has 0 aliphatic rings. The molecule has 0 amide bonds. The molecule has 1 N–H and O–H groups in total. The largest absolute Gasteiger partial charge is 0.315 e. The summed E-state index contributed by atoms with van der Waals surface area (Å²) < 4.78 is 5.21. The van der Waals surface area contributed by atoms with E-state index in [2.05, 4.69) is 33.7 Å². The molecule has 0 atom stereocenters. The van der Waals surface area contributed by atoms with Crippen LogP contribution in [0.25, 0.3) is 0 Å². The molecule has 0 unspecified atom stereocenters. The highest BCUT2D eigenvalue weighted by Gasteiger charge is 1.99. The van der Waals surface area contributed by atoms with Gasteiger partial charge in [-0.15, -0.1) is 0 Å². The van der Waals surface area contributed by atoms with Crippen LogP contribution in [0.4, 0.5) is 0 Å². The Morgan fingerprint density at radius 3 is 2.80 bits per heavy atom. The Morgan fingerprint density at radius 2 is 2.20 bits per heavy atom. The molecule has 1 aromatic rings. The molecule has 15 heavy (non-hydrogen) atoms. The first-order chi connectivity index (χ1) is 7.18. The Balaban J connectivity index is 1.98. The Labute approximate surface area is 99.6 Å². The van der Waals surface area contributed by atoms with E-state index in [-0.39, 0.29) is 0 Å². The van der Waals surface area contributed by atoms with Gasteiger partial charge < -0.3 is 10.2 Å². The summed E-state index contributed by atoms with van der Waals surface area (Å²) in [4.78, 5) is 6.47. The van der Waals surface area contributed by atoms with Crippen LogP contribution in [0.5, 0.6) is 0 Å². The van der Waals surface area contributed by atoms with Crippen molar-refractivity contribution in [1.82, 2.24) is 19.6 Å². The predicted molar refractivity (Wildman–Crippen MR) is 66.8 cm³/mol. The van der Waals surface area contributed by atoms with Crippen LogP contribution in [-0.4, -0.2) is 53.7 Å². The monoisotopic (exact) mass is 246 g/mol. The molecule has 1 aromatic heterocycles. The van der Waals surface area contributed by atoms with Crippen LogP contribution in [0.3, 0.4) is 0 Å². The summed E-state index contributed by atoms with van der Waals surface area (Å²) in [7, 11) is 4.17. The van der Waals surface area contributed by atoms with Crippen LogP contribution in [0.1, 0.15) is 5.82 Å². The zero-order chi connectivity index (χ0) is 11.1. The molecule has 6 heteroatoms. The number of aromatic nitrogens is 2. The molecule has 0 aromatic carbocycles. The van der Waals surface area contributed by atoms with Gasteiger partial charge in [0.2, 0.25) is 0 Å². The minimum Gasteiger partial charge on any atom is -0.315 e. The summed E-state index contributed by atoms with van der Waals surface area (Å²) in [6.45, 7) is 5.08. The third kappa shape index (κ3) is 6.09. The van der Waals surface area contributed by atoms with E-state index >= 15 is 0 Å². The molecule has 1 heterocycles. The molecule has 0 spiro atoms. The first-order valence-electron chi connectivity index (χ1n) is 4.97.